The summed E-state index contributed by atoms with van der Waals surface area (Å²) in [6.07, 6.45) is -1.04. The van der Waals surface area contributed by atoms with Gasteiger partial charge in [0.1, 0.15) is 18.4 Å². The maximum atomic E-state index is 12.9. The van der Waals surface area contributed by atoms with Crippen LogP contribution in [0.25, 0.3) is 0 Å². The molecule has 1 aromatic carbocycles. The van der Waals surface area contributed by atoms with E-state index in [4.69, 9.17) is 0 Å². The number of unbranched alkanes of at least 4 members (excludes halogenated alkanes) is 1. The second-order valence-electron chi connectivity index (χ2n) is 6.31. The quantitative estimate of drug-likeness (QED) is 0.470. The van der Waals surface area contributed by atoms with Crippen LogP contribution in [-0.2, 0) is 18.8 Å². The monoisotopic (exact) mass is 379 g/mol. The number of hydrogen-bond acceptors (Lipinski definition) is 0. The van der Waals surface area contributed by atoms with Gasteiger partial charge in [-0.25, -0.2) is 4.57 Å². The van der Waals surface area contributed by atoms with Gasteiger partial charge in [0.25, 0.3) is 0 Å². The predicted octanol–water partition coefficient (Wildman–Crippen LogP) is 5.70. The number of aryl methyl sites for hydroxylation is 1. The molecule has 26 heavy (non-hydrogen) atoms. The van der Waals surface area contributed by atoms with Crippen LogP contribution in [0, 0.1) is 0 Å². The Hall–Kier alpha value is -1.99. The molecule has 1 heterocycles. The number of benzene rings is 1. The first kappa shape index (κ1) is 20.3. The van der Waals surface area contributed by atoms with Crippen molar-refractivity contribution in [3.05, 3.63) is 53.6 Å². The minimum Gasteiger partial charge on any atom is -0.250 e. The zero-order chi connectivity index (χ0) is 19.4. The highest BCUT2D eigenvalue weighted by Crippen LogP contribution is 2.36. The first-order valence-electron chi connectivity index (χ1n) is 8.43. The highest BCUT2D eigenvalue weighted by molar-refractivity contribution is 5.33. The summed E-state index contributed by atoms with van der Waals surface area (Å²) in [6, 6.07) is 1.81. The Bertz CT molecular complexity index is 656. The number of aromatic amines is 1. The topological polar surface area (TPSA) is 19.7 Å². The van der Waals surface area contributed by atoms with Gasteiger partial charge in [0.2, 0.25) is 6.33 Å². The third-order valence-corrected chi connectivity index (χ3v) is 4.29. The van der Waals surface area contributed by atoms with Crippen LogP contribution in [-0.4, -0.2) is 4.98 Å². The number of nitrogens with one attached hydrogen (secondary N) is 1. The van der Waals surface area contributed by atoms with E-state index in [1.165, 1.54) is 0 Å². The molecule has 1 atom stereocenters. The van der Waals surface area contributed by atoms with Gasteiger partial charge in [0.05, 0.1) is 11.1 Å². The van der Waals surface area contributed by atoms with Crippen molar-refractivity contribution >= 4 is 0 Å². The number of aromatic nitrogens is 2. The smallest absolute Gasteiger partial charge is 0.250 e. The van der Waals surface area contributed by atoms with E-state index in [0.717, 1.165) is 31.4 Å². The van der Waals surface area contributed by atoms with Crippen molar-refractivity contribution < 1.29 is 30.9 Å². The van der Waals surface area contributed by atoms with Gasteiger partial charge in [0.15, 0.2) is 0 Å². The fraction of sp³-hybridized carbons (Fsp3) is 0.500. The number of alkyl halides is 6. The maximum Gasteiger partial charge on any atom is 0.416 e. The lowest BCUT2D eigenvalue weighted by Crippen LogP contribution is -2.37. The second-order valence-corrected chi connectivity index (χ2v) is 6.31. The van der Waals surface area contributed by atoms with Gasteiger partial charge in [-0.2, -0.15) is 26.3 Å². The van der Waals surface area contributed by atoms with E-state index in [9.17, 15) is 26.3 Å². The van der Waals surface area contributed by atoms with Crippen molar-refractivity contribution in [2.45, 2.75) is 57.4 Å². The summed E-state index contributed by atoms with van der Waals surface area (Å²) in [6.45, 7) is 2.03. The van der Waals surface area contributed by atoms with Crippen molar-refractivity contribution in [1.29, 1.82) is 0 Å². The second kappa shape index (κ2) is 8.14. The largest absolute Gasteiger partial charge is 0.416 e. The van der Waals surface area contributed by atoms with Gasteiger partial charge >= 0.3 is 12.4 Å². The molecule has 144 valence electrons. The lowest BCUT2D eigenvalue weighted by molar-refractivity contribution is -0.723. The first-order chi connectivity index (χ1) is 12.1. The highest BCUT2D eigenvalue weighted by Gasteiger charge is 2.36. The molecule has 0 bridgehead atoms. The number of nitrogens with zero attached hydrogens (tertiary/aromatic N) is 1. The molecule has 0 aliphatic heterocycles. The zero-order valence-corrected chi connectivity index (χ0v) is 14.3. The number of halogens is 6. The van der Waals surface area contributed by atoms with E-state index in [2.05, 4.69) is 4.98 Å². The summed E-state index contributed by atoms with van der Waals surface area (Å²) in [5.41, 5.74) is -2.48. The number of imidazole rings is 1. The predicted molar refractivity (Wildman–Crippen MR) is 84.3 cm³/mol. The molecule has 1 unspecified atom stereocenters. The van der Waals surface area contributed by atoms with Crippen LogP contribution in [0.2, 0.25) is 0 Å². The van der Waals surface area contributed by atoms with Crippen LogP contribution in [0.15, 0.2) is 36.9 Å². The fourth-order valence-corrected chi connectivity index (χ4v) is 2.91. The summed E-state index contributed by atoms with van der Waals surface area (Å²) in [5.74, 6) is 0. The van der Waals surface area contributed by atoms with Crippen molar-refractivity contribution in [3.63, 3.8) is 0 Å². The zero-order valence-electron chi connectivity index (χ0n) is 14.3. The molecule has 2 nitrogen and oxygen atoms in total. The Balaban J connectivity index is 2.24. The summed E-state index contributed by atoms with van der Waals surface area (Å²) in [7, 11) is 0. The van der Waals surface area contributed by atoms with E-state index < -0.39 is 23.5 Å². The maximum absolute atomic E-state index is 12.9. The summed E-state index contributed by atoms with van der Waals surface area (Å²) < 4.78 is 79.6. The van der Waals surface area contributed by atoms with Gasteiger partial charge in [-0.15, -0.1) is 0 Å². The van der Waals surface area contributed by atoms with Crippen molar-refractivity contribution in [2.75, 3.05) is 0 Å². The molecule has 0 spiro atoms. The van der Waals surface area contributed by atoms with Crippen LogP contribution in [0.5, 0.6) is 0 Å². The number of rotatable bonds is 7. The van der Waals surface area contributed by atoms with Crippen LogP contribution >= 0.6 is 0 Å². The van der Waals surface area contributed by atoms with Crippen molar-refractivity contribution in [1.82, 2.24) is 4.98 Å². The molecular formula is C18H21F6N2+. The molecule has 0 aliphatic carbocycles. The third-order valence-electron chi connectivity index (χ3n) is 4.29. The van der Waals surface area contributed by atoms with E-state index in [-0.39, 0.29) is 24.1 Å². The fourth-order valence-electron chi connectivity index (χ4n) is 2.91. The van der Waals surface area contributed by atoms with E-state index in [1.807, 2.05) is 17.7 Å². The molecule has 1 N–H and O–H groups in total. The molecule has 0 radical (unpaired) electrons. The standard InChI is InChI=1S/C18H20F6N2/c1-2-3-4-16(26-8-7-25-12-26)6-5-13-9-14(17(19,20)21)11-15(10-13)18(22,23)24/h7-12,16H,2-6H2,1H3/p+1. The van der Waals surface area contributed by atoms with Crippen molar-refractivity contribution in [2.24, 2.45) is 0 Å². The number of H-pyrrole nitrogens is 1. The Labute approximate surface area is 147 Å². The van der Waals surface area contributed by atoms with E-state index >= 15 is 0 Å². The first-order valence-corrected chi connectivity index (χ1v) is 8.43. The molecule has 0 fully saturated rings. The van der Waals surface area contributed by atoms with Gasteiger partial charge < -0.3 is 0 Å². The minimum atomic E-state index is -4.81. The molecular weight excluding hydrogens is 358 g/mol. The molecule has 0 aliphatic rings. The average Bonchev–Trinajstić information content (AvgIpc) is 3.07. The van der Waals surface area contributed by atoms with Gasteiger partial charge in [-0.05, 0) is 49.4 Å². The Morgan fingerprint density at radius 2 is 1.58 bits per heavy atom. The molecule has 2 rings (SSSR count). The van der Waals surface area contributed by atoms with E-state index in [1.54, 1.807) is 12.5 Å². The van der Waals surface area contributed by atoms with Gasteiger partial charge in [-0.3, -0.25) is 4.98 Å². The molecule has 0 saturated carbocycles. The summed E-state index contributed by atoms with van der Waals surface area (Å²) >= 11 is 0. The van der Waals surface area contributed by atoms with Crippen LogP contribution in [0.4, 0.5) is 26.3 Å². The molecule has 1 aromatic heterocycles. The number of hydrogen-bond donors (Lipinski definition) is 1. The molecule has 0 amide bonds. The summed E-state index contributed by atoms with van der Waals surface area (Å²) in [5, 5.41) is 0. The Morgan fingerprint density at radius 1 is 0.962 bits per heavy atom. The van der Waals surface area contributed by atoms with Gasteiger partial charge in [-0.1, -0.05) is 13.3 Å². The van der Waals surface area contributed by atoms with Gasteiger partial charge in [0, 0.05) is 0 Å². The van der Waals surface area contributed by atoms with Crippen molar-refractivity contribution in [3.8, 4) is 0 Å². The SMILES string of the molecule is CCCCC(CCc1cc(C(F)(F)F)cc(C(F)(F)F)c1)[n+]1cc[nH]c1. The average molecular weight is 379 g/mol. The lowest BCUT2D eigenvalue weighted by Gasteiger charge is -2.16. The van der Waals surface area contributed by atoms with Crippen LogP contribution < -0.4 is 4.57 Å². The van der Waals surface area contributed by atoms with Crippen LogP contribution in [0.3, 0.4) is 0 Å². The minimum absolute atomic E-state index is 0.0186. The third kappa shape index (κ3) is 5.51. The molecule has 8 heteroatoms. The molecule has 0 saturated heterocycles. The highest BCUT2D eigenvalue weighted by atomic mass is 19.4. The Kier molecular flexibility index (Phi) is 6.36. The molecule has 2 aromatic rings. The normalized spacial score (nSPS) is 13.8. The lowest BCUT2D eigenvalue weighted by atomic mass is 9.97. The van der Waals surface area contributed by atoms with Crippen LogP contribution in [0.1, 0.15) is 55.3 Å². The van der Waals surface area contributed by atoms with E-state index in [0.29, 0.717) is 6.42 Å². The Morgan fingerprint density at radius 3 is 2.04 bits per heavy atom. The summed E-state index contributed by atoms with van der Waals surface area (Å²) in [4.78, 5) is 2.91.